The van der Waals surface area contributed by atoms with Crippen LogP contribution in [0.2, 0.25) is 0 Å². The number of ether oxygens (including phenoxy) is 1. The van der Waals surface area contributed by atoms with Crippen molar-refractivity contribution in [3.63, 3.8) is 0 Å². The number of carbonyl (C=O) groups excluding carboxylic acids is 2. The monoisotopic (exact) mass is 418 g/mol. The fourth-order valence-electron chi connectivity index (χ4n) is 2.84. The molecule has 0 spiro atoms. The van der Waals surface area contributed by atoms with Crippen molar-refractivity contribution in [3.8, 4) is 0 Å². The third-order valence-corrected chi connectivity index (χ3v) is 4.55. The third kappa shape index (κ3) is 3.13. The molecule has 2 aromatic heterocycles. The number of halogens is 1. The molecule has 8 heteroatoms. The highest BCUT2D eigenvalue weighted by Crippen LogP contribution is 2.32. The SMILES string of the molecule is O=C(Nc1c(C(=O)N2CCOCC2)oc2ccccc12)c1ccc(Br)o1. The number of amides is 2. The summed E-state index contributed by atoms with van der Waals surface area (Å²) in [4.78, 5) is 27.1. The van der Waals surface area contributed by atoms with Crippen LogP contribution in [0.1, 0.15) is 21.1 Å². The minimum atomic E-state index is -0.460. The molecule has 4 rings (SSSR count). The summed E-state index contributed by atoms with van der Waals surface area (Å²) in [6.45, 7) is 1.92. The normalized spacial score (nSPS) is 14.6. The van der Waals surface area contributed by atoms with Crippen LogP contribution in [0.3, 0.4) is 0 Å². The molecule has 0 unspecified atom stereocenters. The lowest BCUT2D eigenvalue weighted by Crippen LogP contribution is -2.40. The summed E-state index contributed by atoms with van der Waals surface area (Å²) in [7, 11) is 0. The number of carbonyl (C=O) groups is 2. The van der Waals surface area contributed by atoms with E-state index >= 15 is 0 Å². The molecule has 1 N–H and O–H groups in total. The zero-order chi connectivity index (χ0) is 18.1. The maximum Gasteiger partial charge on any atom is 0.291 e. The fraction of sp³-hybridized carbons (Fsp3) is 0.222. The second-order valence-corrected chi connectivity index (χ2v) is 6.55. The Morgan fingerprint density at radius 2 is 1.81 bits per heavy atom. The van der Waals surface area contributed by atoms with E-state index in [1.165, 1.54) is 0 Å². The Labute approximate surface area is 157 Å². The fourth-order valence-corrected chi connectivity index (χ4v) is 3.15. The maximum atomic E-state index is 12.9. The summed E-state index contributed by atoms with van der Waals surface area (Å²) in [5, 5.41) is 3.41. The molecule has 3 aromatic rings. The summed E-state index contributed by atoms with van der Waals surface area (Å²) in [5.74, 6) is -0.502. The lowest BCUT2D eigenvalue weighted by molar-refractivity contribution is 0.0285. The van der Waals surface area contributed by atoms with Gasteiger partial charge in [0.2, 0.25) is 5.76 Å². The predicted molar refractivity (Wildman–Crippen MR) is 97.3 cm³/mol. The van der Waals surface area contributed by atoms with Gasteiger partial charge in [0.25, 0.3) is 11.8 Å². The largest absolute Gasteiger partial charge is 0.449 e. The Hall–Kier alpha value is -2.58. The van der Waals surface area contributed by atoms with Gasteiger partial charge in [-0.25, -0.2) is 0 Å². The van der Waals surface area contributed by atoms with Crippen molar-refractivity contribution in [2.75, 3.05) is 31.6 Å². The van der Waals surface area contributed by atoms with Gasteiger partial charge in [-0.3, -0.25) is 9.59 Å². The number of rotatable bonds is 3. The van der Waals surface area contributed by atoms with Crippen molar-refractivity contribution < 1.29 is 23.2 Å². The quantitative estimate of drug-likeness (QED) is 0.703. The molecule has 1 fully saturated rings. The van der Waals surface area contributed by atoms with E-state index in [1.54, 1.807) is 29.2 Å². The number of anilines is 1. The van der Waals surface area contributed by atoms with E-state index in [4.69, 9.17) is 13.6 Å². The molecule has 7 nitrogen and oxygen atoms in total. The van der Waals surface area contributed by atoms with Crippen LogP contribution in [-0.4, -0.2) is 43.0 Å². The summed E-state index contributed by atoms with van der Waals surface area (Å²) in [5.41, 5.74) is 0.870. The second-order valence-electron chi connectivity index (χ2n) is 5.76. The summed E-state index contributed by atoms with van der Waals surface area (Å²) < 4.78 is 16.8. The van der Waals surface area contributed by atoms with Gasteiger partial charge in [0.05, 0.1) is 13.2 Å². The van der Waals surface area contributed by atoms with E-state index in [0.29, 0.717) is 47.6 Å². The highest BCUT2D eigenvalue weighted by Gasteiger charge is 2.28. The van der Waals surface area contributed by atoms with E-state index < -0.39 is 5.91 Å². The van der Waals surface area contributed by atoms with Crippen molar-refractivity contribution in [3.05, 3.63) is 52.6 Å². The number of furan rings is 2. The molecule has 1 aliphatic rings. The topological polar surface area (TPSA) is 84.9 Å². The van der Waals surface area contributed by atoms with Crippen molar-refractivity contribution in [2.45, 2.75) is 0 Å². The smallest absolute Gasteiger partial charge is 0.291 e. The Morgan fingerprint density at radius 1 is 1.04 bits per heavy atom. The first-order valence-electron chi connectivity index (χ1n) is 8.09. The Balaban J connectivity index is 1.71. The van der Waals surface area contributed by atoms with Gasteiger partial charge < -0.3 is 23.8 Å². The molecule has 1 saturated heterocycles. The number of para-hydroxylation sites is 1. The molecule has 0 radical (unpaired) electrons. The molecule has 134 valence electrons. The molecule has 1 aromatic carbocycles. The minimum Gasteiger partial charge on any atom is -0.449 e. The Kier molecular flexibility index (Phi) is 4.52. The standard InChI is InChI=1S/C18H15BrN2O5/c19-14-6-5-13(25-14)17(22)20-15-11-3-1-2-4-12(11)26-16(15)18(23)21-7-9-24-10-8-21/h1-6H,7-10H2,(H,20,22). The molecule has 0 bridgehead atoms. The van der Waals surface area contributed by atoms with Crippen molar-refractivity contribution >= 4 is 44.4 Å². The number of hydrogen-bond donors (Lipinski definition) is 1. The lowest BCUT2D eigenvalue weighted by Gasteiger charge is -2.26. The van der Waals surface area contributed by atoms with Crippen LogP contribution >= 0.6 is 15.9 Å². The number of nitrogens with one attached hydrogen (secondary N) is 1. The maximum absolute atomic E-state index is 12.9. The zero-order valence-electron chi connectivity index (χ0n) is 13.7. The van der Waals surface area contributed by atoms with E-state index in [0.717, 1.165) is 0 Å². The van der Waals surface area contributed by atoms with Crippen LogP contribution in [-0.2, 0) is 4.74 Å². The Bertz CT molecular complexity index is 971. The first-order valence-corrected chi connectivity index (χ1v) is 8.88. The van der Waals surface area contributed by atoms with Gasteiger partial charge in [-0.15, -0.1) is 0 Å². The van der Waals surface area contributed by atoms with Gasteiger partial charge >= 0.3 is 0 Å². The molecule has 0 saturated carbocycles. The molecule has 26 heavy (non-hydrogen) atoms. The van der Waals surface area contributed by atoms with Crippen LogP contribution in [0.4, 0.5) is 5.69 Å². The molecule has 0 atom stereocenters. The minimum absolute atomic E-state index is 0.104. The number of morpholine rings is 1. The summed E-state index contributed by atoms with van der Waals surface area (Å²) >= 11 is 3.17. The van der Waals surface area contributed by atoms with E-state index in [9.17, 15) is 9.59 Å². The number of benzene rings is 1. The first kappa shape index (κ1) is 16.9. The zero-order valence-corrected chi connectivity index (χ0v) is 15.2. The average molecular weight is 419 g/mol. The van der Waals surface area contributed by atoms with Gasteiger partial charge in [0.15, 0.2) is 10.4 Å². The highest BCUT2D eigenvalue weighted by molar-refractivity contribution is 9.10. The molecule has 3 heterocycles. The second kappa shape index (κ2) is 6.97. The molecular formula is C18H15BrN2O5. The van der Waals surface area contributed by atoms with Gasteiger partial charge in [0.1, 0.15) is 11.3 Å². The van der Waals surface area contributed by atoms with E-state index in [2.05, 4.69) is 21.2 Å². The van der Waals surface area contributed by atoms with Gasteiger partial charge in [-0.1, -0.05) is 12.1 Å². The number of fused-ring (bicyclic) bond motifs is 1. The van der Waals surface area contributed by atoms with Crippen LogP contribution in [0.5, 0.6) is 0 Å². The van der Waals surface area contributed by atoms with Crippen LogP contribution in [0, 0.1) is 0 Å². The number of nitrogens with zero attached hydrogens (tertiary/aromatic N) is 1. The molecule has 2 amide bonds. The predicted octanol–water partition coefficient (Wildman–Crippen LogP) is 3.51. The van der Waals surface area contributed by atoms with Crippen LogP contribution < -0.4 is 5.32 Å². The summed E-state index contributed by atoms with van der Waals surface area (Å²) in [6, 6.07) is 10.4. The number of hydrogen-bond acceptors (Lipinski definition) is 5. The molecular weight excluding hydrogens is 404 g/mol. The van der Waals surface area contributed by atoms with Gasteiger partial charge in [-0.2, -0.15) is 0 Å². The van der Waals surface area contributed by atoms with Crippen molar-refractivity contribution in [2.24, 2.45) is 0 Å². The van der Waals surface area contributed by atoms with E-state index in [-0.39, 0.29) is 17.4 Å². The Morgan fingerprint density at radius 3 is 2.54 bits per heavy atom. The molecule has 1 aliphatic heterocycles. The molecule has 0 aliphatic carbocycles. The van der Waals surface area contributed by atoms with Crippen molar-refractivity contribution in [1.82, 2.24) is 4.90 Å². The van der Waals surface area contributed by atoms with Crippen LogP contribution in [0.15, 0.2) is 49.9 Å². The first-order chi connectivity index (χ1) is 12.6. The summed E-state index contributed by atoms with van der Waals surface area (Å²) in [6.07, 6.45) is 0. The lowest BCUT2D eigenvalue weighted by atomic mass is 10.2. The van der Waals surface area contributed by atoms with E-state index in [1.807, 2.05) is 12.1 Å². The van der Waals surface area contributed by atoms with Gasteiger partial charge in [-0.05, 0) is 40.2 Å². The van der Waals surface area contributed by atoms with Gasteiger partial charge in [0, 0.05) is 18.5 Å². The van der Waals surface area contributed by atoms with Crippen molar-refractivity contribution in [1.29, 1.82) is 0 Å². The van der Waals surface area contributed by atoms with Crippen LogP contribution in [0.25, 0.3) is 11.0 Å². The third-order valence-electron chi connectivity index (χ3n) is 4.12. The average Bonchev–Trinajstić information content (AvgIpc) is 3.26. The highest BCUT2D eigenvalue weighted by atomic mass is 79.9.